The SMILES string of the molecule is CCC(CCCCC(C)C)O[N+](=O)[O-]. The summed E-state index contributed by atoms with van der Waals surface area (Å²) in [5, 5.41) is 9.41. The zero-order valence-electron chi connectivity index (χ0n) is 9.36. The highest BCUT2D eigenvalue weighted by atomic mass is 17.0. The van der Waals surface area contributed by atoms with Gasteiger partial charge in [0.25, 0.3) is 5.09 Å². The van der Waals surface area contributed by atoms with Crippen LogP contribution in [0.1, 0.15) is 52.9 Å². The van der Waals surface area contributed by atoms with Gasteiger partial charge in [-0.2, -0.15) is 0 Å². The van der Waals surface area contributed by atoms with Crippen LogP contribution in [0.5, 0.6) is 0 Å². The predicted molar refractivity (Wildman–Crippen MR) is 55.5 cm³/mol. The Morgan fingerprint density at radius 3 is 2.29 bits per heavy atom. The summed E-state index contributed by atoms with van der Waals surface area (Å²) in [5.74, 6) is 0.714. The van der Waals surface area contributed by atoms with Crippen LogP contribution in [0.15, 0.2) is 0 Å². The molecule has 1 unspecified atom stereocenters. The number of hydrogen-bond donors (Lipinski definition) is 0. The van der Waals surface area contributed by atoms with Gasteiger partial charge in [0.2, 0.25) is 0 Å². The highest BCUT2D eigenvalue weighted by molar-refractivity contribution is 4.55. The molecule has 84 valence electrons. The van der Waals surface area contributed by atoms with E-state index >= 15 is 0 Å². The average molecular weight is 203 g/mol. The fourth-order valence-electron chi connectivity index (χ4n) is 1.38. The van der Waals surface area contributed by atoms with Gasteiger partial charge in [-0.1, -0.05) is 40.0 Å². The van der Waals surface area contributed by atoms with Crippen molar-refractivity contribution in [3.8, 4) is 0 Å². The molecule has 4 nitrogen and oxygen atoms in total. The maximum absolute atomic E-state index is 10.1. The van der Waals surface area contributed by atoms with E-state index in [9.17, 15) is 10.1 Å². The largest absolute Gasteiger partial charge is 0.311 e. The topological polar surface area (TPSA) is 52.4 Å². The Morgan fingerprint density at radius 2 is 1.86 bits per heavy atom. The van der Waals surface area contributed by atoms with E-state index in [0.717, 1.165) is 19.3 Å². The van der Waals surface area contributed by atoms with Gasteiger partial charge in [0.15, 0.2) is 0 Å². The molecule has 0 saturated heterocycles. The molecule has 0 rings (SSSR count). The van der Waals surface area contributed by atoms with Crippen molar-refractivity contribution < 1.29 is 9.92 Å². The van der Waals surface area contributed by atoms with Crippen molar-refractivity contribution in [2.24, 2.45) is 5.92 Å². The van der Waals surface area contributed by atoms with Crippen LogP contribution in [-0.4, -0.2) is 11.2 Å². The average Bonchev–Trinajstić information content (AvgIpc) is 2.09. The summed E-state index contributed by atoms with van der Waals surface area (Å²) in [6.45, 7) is 6.28. The van der Waals surface area contributed by atoms with E-state index in [4.69, 9.17) is 0 Å². The van der Waals surface area contributed by atoms with Crippen LogP contribution in [0.25, 0.3) is 0 Å². The minimum absolute atomic E-state index is 0.211. The molecule has 4 heteroatoms. The maximum Gasteiger partial charge on any atom is 0.294 e. The number of unbranched alkanes of at least 4 members (excludes halogenated alkanes) is 1. The highest BCUT2D eigenvalue weighted by Crippen LogP contribution is 2.13. The van der Waals surface area contributed by atoms with E-state index in [1.165, 1.54) is 6.42 Å². The lowest BCUT2D eigenvalue weighted by Crippen LogP contribution is -2.16. The fourth-order valence-corrected chi connectivity index (χ4v) is 1.38. The van der Waals surface area contributed by atoms with Crippen molar-refractivity contribution in [2.45, 2.75) is 59.0 Å². The zero-order valence-corrected chi connectivity index (χ0v) is 9.36. The van der Waals surface area contributed by atoms with Gasteiger partial charge in [0.1, 0.15) is 6.10 Å². The smallest absolute Gasteiger partial charge is 0.294 e. The van der Waals surface area contributed by atoms with Crippen molar-refractivity contribution in [3.05, 3.63) is 10.1 Å². The third-order valence-corrected chi connectivity index (χ3v) is 2.25. The van der Waals surface area contributed by atoms with Gasteiger partial charge in [-0.15, -0.1) is 10.1 Å². The second-order valence-electron chi connectivity index (χ2n) is 4.04. The van der Waals surface area contributed by atoms with Gasteiger partial charge < -0.3 is 4.84 Å². The summed E-state index contributed by atoms with van der Waals surface area (Å²) in [4.78, 5) is 14.6. The predicted octanol–water partition coefficient (Wildman–Crippen LogP) is 3.19. The molecule has 0 saturated carbocycles. The zero-order chi connectivity index (χ0) is 11.0. The molecule has 0 radical (unpaired) electrons. The van der Waals surface area contributed by atoms with Gasteiger partial charge in [-0.05, 0) is 18.8 Å². The molecule has 1 atom stereocenters. The first-order chi connectivity index (χ1) is 6.56. The maximum atomic E-state index is 10.1. The summed E-state index contributed by atoms with van der Waals surface area (Å²) in [5.41, 5.74) is 0. The lowest BCUT2D eigenvalue weighted by Gasteiger charge is -2.12. The normalized spacial score (nSPS) is 12.9. The summed E-state index contributed by atoms with van der Waals surface area (Å²) >= 11 is 0. The summed E-state index contributed by atoms with van der Waals surface area (Å²) < 4.78 is 0. The first kappa shape index (κ1) is 13.2. The summed E-state index contributed by atoms with van der Waals surface area (Å²) in [7, 11) is 0. The van der Waals surface area contributed by atoms with Gasteiger partial charge in [0, 0.05) is 0 Å². The highest BCUT2D eigenvalue weighted by Gasteiger charge is 2.10. The third-order valence-electron chi connectivity index (χ3n) is 2.25. The molecular weight excluding hydrogens is 182 g/mol. The molecule has 0 aromatic rings. The quantitative estimate of drug-likeness (QED) is 0.346. The van der Waals surface area contributed by atoms with Crippen molar-refractivity contribution in [3.63, 3.8) is 0 Å². The monoisotopic (exact) mass is 203 g/mol. The van der Waals surface area contributed by atoms with E-state index in [2.05, 4.69) is 18.7 Å². The van der Waals surface area contributed by atoms with Gasteiger partial charge in [0.05, 0.1) is 0 Å². The Morgan fingerprint density at radius 1 is 1.29 bits per heavy atom. The van der Waals surface area contributed by atoms with Gasteiger partial charge >= 0.3 is 0 Å². The van der Waals surface area contributed by atoms with E-state index in [1.807, 2.05) is 6.92 Å². The Hall–Kier alpha value is -0.800. The molecule has 0 heterocycles. The first-order valence-electron chi connectivity index (χ1n) is 5.37. The lowest BCUT2D eigenvalue weighted by atomic mass is 10.0. The van der Waals surface area contributed by atoms with Crippen LogP contribution >= 0.6 is 0 Å². The molecule has 0 aliphatic carbocycles. The number of nitrogens with zero attached hydrogens (tertiary/aromatic N) is 1. The molecule has 0 N–H and O–H groups in total. The van der Waals surface area contributed by atoms with Crippen molar-refractivity contribution in [1.29, 1.82) is 0 Å². The second-order valence-corrected chi connectivity index (χ2v) is 4.04. The van der Waals surface area contributed by atoms with Crippen LogP contribution in [-0.2, 0) is 4.84 Å². The second kappa shape index (κ2) is 7.59. The Labute approximate surface area is 85.7 Å². The molecule has 0 bridgehead atoms. The first-order valence-corrected chi connectivity index (χ1v) is 5.37. The molecule has 0 spiro atoms. The van der Waals surface area contributed by atoms with E-state index in [-0.39, 0.29) is 6.10 Å². The van der Waals surface area contributed by atoms with E-state index in [1.54, 1.807) is 0 Å². The Balaban J connectivity index is 3.47. The minimum Gasteiger partial charge on any atom is -0.311 e. The fraction of sp³-hybridized carbons (Fsp3) is 1.00. The van der Waals surface area contributed by atoms with Gasteiger partial charge in [-0.3, -0.25) is 0 Å². The lowest BCUT2D eigenvalue weighted by molar-refractivity contribution is -0.768. The molecule has 0 fully saturated rings. The molecular formula is C10H21NO3. The molecule has 0 aromatic heterocycles. The van der Waals surface area contributed by atoms with Crippen LogP contribution in [0.2, 0.25) is 0 Å². The molecule has 0 aliphatic rings. The van der Waals surface area contributed by atoms with Crippen molar-refractivity contribution in [1.82, 2.24) is 0 Å². The Bertz CT molecular complexity index is 159. The molecule has 0 amide bonds. The van der Waals surface area contributed by atoms with E-state index in [0.29, 0.717) is 12.3 Å². The van der Waals surface area contributed by atoms with Crippen LogP contribution in [0.4, 0.5) is 0 Å². The molecule has 14 heavy (non-hydrogen) atoms. The van der Waals surface area contributed by atoms with Crippen LogP contribution in [0.3, 0.4) is 0 Å². The summed E-state index contributed by atoms with van der Waals surface area (Å²) in [6.07, 6.45) is 4.64. The van der Waals surface area contributed by atoms with Crippen molar-refractivity contribution in [2.75, 3.05) is 0 Å². The number of rotatable bonds is 8. The Kier molecular flexibility index (Phi) is 7.16. The standard InChI is InChI=1S/C10H21NO3/c1-4-10(14-11(12)13)8-6-5-7-9(2)3/h9-10H,4-8H2,1-3H3. The molecule has 0 aliphatic heterocycles. The van der Waals surface area contributed by atoms with Crippen LogP contribution in [0, 0.1) is 16.0 Å². The van der Waals surface area contributed by atoms with E-state index < -0.39 is 5.09 Å². The van der Waals surface area contributed by atoms with Crippen LogP contribution < -0.4 is 0 Å². The minimum atomic E-state index is -0.684. The molecule has 0 aromatic carbocycles. The van der Waals surface area contributed by atoms with Gasteiger partial charge in [-0.25, -0.2) is 0 Å². The third kappa shape index (κ3) is 7.83. The van der Waals surface area contributed by atoms with Crippen molar-refractivity contribution >= 4 is 0 Å². The summed E-state index contributed by atoms with van der Waals surface area (Å²) in [6, 6.07) is 0. The number of hydrogen-bond acceptors (Lipinski definition) is 3.